The number of carbonyl (C=O) groups is 2. The van der Waals surface area contributed by atoms with Crippen molar-refractivity contribution in [1.82, 2.24) is 4.90 Å². The van der Waals surface area contributed by atoms with Gasteiger partial charge in [-0.2, -0.15) is 0 Å². The Morgan fingerprint density at radius 3 is 2.44 bits per heavy atom. The van der Waals surface area contributed by atoms with E-state index in [1.165, 1.54) is 14.2 Å². The van der Waals surface area contributed by atoms with Crippen LogP contribution in [0.15, 0.2) is 18.2 Å². The highest BCUT2D eigenvalue weighted by atomic mass is 16.6. The van der Waals surface area contributed by atoms with Crippen molar-refractivity contribution in [3.8, 4) is 11.5 Å². The molecule has 138 valence electrons. The largest absolute Gasteiger partial charge is 0.497 e. The van der Waals surface area contributed by atoms with Crippen molar-refractivity contribution in [2.24, 2.45) is 0 Å². The molecule has 0 bridgehead atoms. The third kappa shape index (κ3) is 4.14. The summed E-state index contributed by atoms with van der Waals surface area (Å²) in [5.41, 5.74) is -0.255. The minimum atomic E-state index is -1.17. The lowest BCUT2D eigenvalue weighted by Crippen LogP contribution is -2.45. The minimum absolute atomic E-state index is 0.144. The number of carbonyl (C=O) groups excluding carboxylic acids is 1. The van der Waals surface area contributed by atoms with Crippen molar-refractivity contribution in [2.75, 3.05) is 20.8 Å². The quantitative estimate of drug-likeness (QED) is 0.888. The van der Waals surface area contributed by atoms with E-state index in [0.717, 1.165) is 4.90 Å². The molecule has 0 spiro atoms. The number of nitrogens with zero attached hydrogens (tertiary/aromatic N) is 1. The van der Waals surface area contributed by atoms with Crippen molar-refractivity contribution in [3.63, 3.8) is 0 Å². The molecule has 8 nitrogen and oxygen atoms in total. The van der Waals surface area contributed by atoms with Crippen LogP contribution in [0.2, 0.25) is 0 Å². The lowest BCUT2D eigenvalue weighted by molar-refractivity contribution is -0.142. The Balaban J connectivity index is 2.41. The van der Waals surface area contributed by atoms with E-state index in [-0.39, 0.29) is 6.61 Å². The highest BCUT2D eigenvalue weighted by molar-refractivity contribution is 5.81. The van der Waals surface area contributed by atoms with E-state index < -0.39 is 29.9 Å². The van der Waals surface area contributed by atoms with E-state index in [0.29, 0.717) is 17.1 Å². The number of methoxy groups -OCH3 is 2. The molecule has 0 saturated carbocycles. The number of ether oxygens (including phenoxy) is 4. The molecule has 8 heteroatoms. The van der Waals surface area contributed by atoms with Gasteiger partial charge in [-0.25, -0.2) is 9.59 Å². The van der Waals surface area contributed by atoms with Gasteiger partial charge in [-0.1, -0.05) is 0 Å². The standard InChI is InChI=1S/C17H23NO7/c1-17(2,3)25-16(21)18-12(15(19)20)9-24-14(18)11-7-6-10(22-4)8-13(11)23-5/h6-8,12,14H,9H2,1-5H3,(H,19,20)/t12-,14?/m0/s1. The van der Waals surface area contributed by atoms with E-state index in [1.807, 2.05) is 0 Å². The van der Waals surface area contributed by atoms with E-state index in [9.17, 15) is 14.7 Å². The summed E-state index contributed by atoms with van der Waals surface area (Å²) in [6.45, 7) is 4.98. The molecule has 1 aliphatic heterocycles. The van der Waals surface area contributed by atoms with Crippen LogP contribution in [0.5, 0.6) is 11.5 Å². The molecule has 2 rings (SSSR count). The number of rotatable bonds is 4. The van der Waals surface area contributed by atoms with Gasteiger partial charge in [0.15, 0.2) is 12.3 Å². The zero-order valence-corrected chi connectivity index (χ0v) is 14.9. The number of amides is 1. The van der Waals surface area contributed by atoms with Gasteiger partial charge in [-0.15, -0.1) is 0 Å². The fraction of sp³-hybridized carbons (Fsp3) is 0.529. The lowest BCUT2D eigenvalue weighted by atomic mass is 10.1. The van der Waals surface area contributed by atoms with Gasteiger partial charge in [0, 0.05) is 11.6 Å². The Morgan fingerprint density at radius 1 is 1.24 bits per heavy atom. The van der Waals surface area contributed by atoms with Crippen LogP contribution in [0, 0.1) is 0 Å². The molecular weight excluding hydrogens is 330 g/mol. The normalized spacial score (nSPS) is 20.3. The van der Waals surface area contributed by atoms with Crippen molar-refractivity contribution in [1.29, 1.82) is 0 Å². The predicted molar refractivity (Wildman–Crippen MR) is 87.7 cm³/mol. The van der Waals surface area contributed by atoms with Gasteiger partial charge in [0.05, 0.1) is 20.8 Å². The Kier molecular flexibility index (Phi) is 5.42. The smallest absolute Gasteiger partial charge is 0.413 e. The van der Waals surface area contributed by atoms with E-state index in [1.54, 1.807) is 39.0 Å². The number of carboxylic acid groups (broad SMARTS) is 1. The Labute approximate surface area is 146 Å². The fourth-order valence-electron chi connectivity index (χ4n) is 2.50. The molecule has 1 amide bonds. The summed E-state index contributed by atoms with van der Waals surface area (Å²) in [5.74, 6) is -0.179. The zero-order valence-electron chi connectivity index (χ0n) is 14.9. The topological polar surface area (TPSA) is 94.5 Å². The summed E-state index contributed by atoms with van der Waals surface area (Å²) in [7, 11) is 2.99. The highest BCUT2D eigenvalue weighted by Gasteiger charge is 2.45. The third-order valence-corrected chi connectivity index (χ3v) is 3.60. The molecule has 1 heterocycles. The first-order valence-corrected chi connectivity index (χ1v) is 7.75. The average Bonchev–Trinajstić information content (AvgIpc) is 2.97. The Hall–Kier alpha value is -2.48. The highest BCUT2D eigenvalue weighted by Crippen LogP contribution is 2.38. The van der Waals surface area contributed by atoms with Gasteiger partial charge in [-0.3, -0.25) is 4.90 Å². The van der Waals surface area contributed by atoms with Crippen LogP contribution >= 0.6 is 0 Å². The molecule has 25 heavy (non-hydrogen) atoms. The van der Waals surface area contributed by atoms with Gasteiger partial charge in [0.1, 0.15) is 17.1 Å². The number of benzene rings is 1. The number of aliphatic carboxylic acids is 1. The molecule has 0 aromatic heterocycles. The summed E-state index contributed by atoms with van der Waals surface area (Å²) in [4.78, 5) is 25.2. The molecule has 1 N–H and O–H groups in total. The van der Waals surface area contributed by atoms with Gasteiger partial charge in [-0.05, 0) is 32.9 Å². The maximum atomic E-state index is 12.6. The fourth-order valence-corrected chi connectivity index (χ4v) is 2.50. The molecule has 1 fully saturated rings. The summed E-state index contributed by atoms with van der Waals surface area (Å²) < 4.78 is 21.4. The molecule has 1 unspecified atom stereocenters. The SMILES string of the molecule is COc1ccc(C2OC[C@@H](C(=O)O)N2C(=O)OC(C)(C)C)c(OC)c1. The molecule has 1 saturated heterocycles. The summed E-state index contributed by atoms with van der Waals surface area (Å²) in [6, 6.07) is 3.85. The first-order valence-electron chi connectivity index (χ1n) is 7.75. The van der Waals surface area contributed by atoms with Crippen molar-refractivity contribution >= 4 is 12.1 Å². The van der Waals surface area contributed by atoms with Gasteiger partial charge < -0.3 is 24.1 Å². The second-order valence-corrected chi connectivity index (χ2v) is 6.54. The first-order chi connectivity index (χ1) is 11.7. The van der Waals surface area contributed by atoms with Crippen molar-refractivity contribution in [2.45, 2.75) is 38.6 Å². The van der Waals surface area contributed by atoms with Crippen LogP contribution in [-0.2, 0) is 14.3 Å². The van der Waals surface area contributed by atoms with Gasteiger partial charge >= 0.3 is 12.1 Å². The third-order valence-electron chi connectivity index (χ3n) is 3.60. The molecule has 1 aromatic carbocycles. The van der Waals surface area contributed by atoms with Crippen LogP contribution in [0.25, 0.3) is 0 Å². The van der Waals surface area contributed by atoms with E-state index in [4.69, 9.17) is 18.9 Å². The van der Waals surface area contributed by atoms with Crippen LogP contribution in [-0.4, -0.2) is 54.5 Å². The lowest BCUT2D eigenvalue weighted by Gasteiger charge is -2.30. The number of hydrogen-bond donors (Lipinski definition) is 1. The molecule has 2 atom stereocenters. The Bertz CT molecular complexity index is 653. The molecule has 0 radical (unpaired) electrons. The summed E-state index contributed by atoms with van der Waals surface area (Å²) in [5, 5.41) is 9.42. The summed E-state index contributed by atoms with van der Waals surface area (Å²) in [6.07, 6.45) is -1.70. The predicted octanol–water partition coefficient (Wildman–Crippen LogP) is 2.42. The maximum absolute atomic E-state index is 12.6. The van der Waals surface area contributed by atoms with Gasteiger partial charge in [0.2, 0.25) is 0 Å². The van der Waals surface area contributed by atoms with E-state index in [2.05, 4.69) is 0 Å². The Morgan fingerprint density at radius 2 is 1.92 bits per heavy atom. The van der Waals surface area contributed by atoms with Crippen LogP contribution in [0.3, 0.4) is 0 Å². The number of carboxylic acids is 1. The van der Waals surface area contributed by atoms with Crippen molar-refractivity contribution < 1.29 is 33.6 Å². The van der Waals surface area contributed by atoms with E-state index >= 15 is 0 Å². The first kappa shape index (κ1) is 18.9. The summed E-state index contributed by atoms with van der Waals surface area (Å²) >= 11 is 0. The van der Waals surface area contributed by atoms with Crippen LogP contribution < -0.4 is 9.47 Å². The molecular formula is C17H23NO7. The maximum Gasteiger partial charge on any atom is 0.413 e. The van der Waals surface area contributed by atoms with Crippen LogP contribution in [0.4, 0.5) is 4.79 Å². The van der Waals surface area contributed by atoms with Crippen LogP contribution in [0.1, 0.15) is 32.6 Å². The zero-order chi connectivity index (χ0) is 18.8. The average molecular weight is 353 g/mol. The number of hydrogen-bond acceptors (Lipinski definition) is 6. The molecule has 1 aliphatic rings. The molecule has 0 aliphatic carbocycles. The van der Waals surface area contributed by atoms with Crippen molar-refractivity contribution in [3.05, 3.63) is 23.8 Å². The molecule has 1 aromatic rings. The second kappa shape index (κ2) is 7.18. The van der Waals surface area contributed by atoms with Gasteiger partial charge in [0.25, 0.3) is 0 Å². The minimum Gasteiger partial charge on any atom is -0.497 e. The monoisotopic (exact) mass is 353 g/mol. The second-order valence-electron chi connectivity index (χ2n) is 6.54.